The van der Waals surface area contributed by atoms with E-state index < -0.39 is 0 Å². The first kappa shape index (κ1) is 15.8. The summed E-state index contributed by atoms with van der Waals surface area (Å²) in [7, 11) is 2.12. The summed E-state index contributed by atoms with van der Waals surface area (Å²) in [6, 6.07) is 0. The largest absolute Gasteiger partial charge is 0.347 e. The van der Waals surface area contributed by atoms with Gasteiger partial charge in [-0.05, 0) is 26.8 Å². The Balaban J connectivity index is 1.35. The number of aromatic nitrogens is 3. The zero-order valence-corrected chi connectivity index (χ0v) is 15.1. The van der Waals surface area contributed by atoms with Crippen molar-refractivity contribution < 1.29 is 4.79 Å². The van der Waals surface area contributed by atoms with Gasteiger partial charge in [0.05, 0.1) is 11.9 Å². The zero-order chi connectivity index (χ0) is 16.7. The summed E-state index contributed by atoms with van der Waals surface area (Å²) in [6.07, 6.45) is 3.80. The number of rotatable bonds is 2. The van der Waals surface area contributed by atoms with Crippen molar-refractivity contribution in [2.45, 2.75) is 19.8 Å². The maximum absolute atomic E-state index is 12.7. The molecule has 8 heteroatoms. The van der Waals surface area contributed by atoms with E-state index in [2.05, 4.69) is 31.8 Å². The fourth-order valence-corrected chi connectivity index (χ4v) is 4.51. The smallest absolute Gasteiger partial charge is 0.225 e. The molecule has 0 bridgehead atoms. The Morgan fingerprint density at radius 3 is 2.54 bits per heavy atom. The Kier molecular flexibility index (Phi) is 4.17. The molecule has 2 saturated heterocycles. The molecule has 24 heavy (non-hydrogen) atoms. The minimum atomic E-state index is 0.177. The van der Waals surface area contributed by atoms with Gasteiger partial charge in [-0.15, -0.1) is 5.10 Å². The fourth-order valence-electron chi connectivity index (χ4n) is 3.53. The van der Waals surface area contributed by atoms with Crippen molar-refractivity contribution in [1.82, 2.24) is 24.4 Å². The topological polar surface area (TPSA) is 57.0 Å². The molecule has 4 rings (SSSR count). The van der Waals surface area contributed by atoms with Crippen LogP contribution in [0.25, 0.3) is 4.96 Å². The number of nitrogens with zero attached hydrogens (tertiary/aromatic N) is 6. The van der Waals surface area contributed by atoms with Crippen LogP contribution in [0, 0.1) is 12.8 Å². The molecular formula is C16H24N6OS. The number of carbonyl (C=O) groups is 1. The van der Waals surface area contributed by atoms with Crippen LogP contribution in [0.2, 0.25) is 0 Å². The van der Waals surface area contributed by atoms with Crippen molar-refractivity contribution in [3.63, 3.8) is 0 Å². The molecule has 0 unspecified atom stereocenters. The molecule has 0 saturated carbocycles. The summed E-state index contributed by atoms with van der Waals surface area (Å²) in [6.45, 7) is 7.51. The molecule has 0 aliphatic carbocycles. The van der Waals surface area contributed by atoms with E-state index in [0.29, 0.717) is 5.91 Å². The molecule has 0 atom stereocenters. The number of piperidine rings is 1. The molecule has 2 aromatic rings. The molecule has 0 radical (unpaired) electrons. The van der Waals surface area contributed by atoms with Gasteiger partial charge in [-0.3, -0.25) is 4.79 Å². The minimum absolute atomic E-state index is 0.177. The number of hydrogen-bond acceptors (Lipinski definition) is 6. The minimum Gasteiger partial charge on any atom is -0.347 e. The van der Waals surface area contributed by atoms with Crippen molar-refractivity contribution in [3.8, 4) is 0 Å². The lowest BCUT2D eigenvalue weighted by atomic mass is 9.95. The van der Waals surface area contributed by atoms with E-state index in [0.717, 1.165) is 67.9 Å². The SMILES string of the molecule is Cc1cn2nc(N3CCC(C(=O)N4CCN(C)CC4)CC3)sc2n1. The highest BCUT2D eigenvalue weighted by atomic mass is 32.1. The van der Waals surface area contributed by atoms with Gasteiger partial charge >= 0.3 is 0 Å². The Bertz CT molecular complexity index is 693. The summed E-state index contributed by atoms with van der Waals surface area (Å²) in [5, 5.41) is 5.64. The maximum atomic E-state index is 12.7. The van der Waals surface area contributed by atoms with Crippen molar-refractivity contribution in [1.29, 1.82) is 0 Å². The first-order valence-electron chi connectivity index (χ1n) is 8.65. The molecule has 0 aromatic carbocycles. The van der Waals surface area contributed by atoms with Crippen LogP contribution in [0.4, 0.5) is 5.13 Å². The van der Waals surface area contributed by atoms with Gasteiger partial charge in [0.1, 0.15) is 0 Å². The molecule has 7 nitrogen and oxygen atoms in total. The van der Waals surface area contributed by atoms with Gasteiger partial charge in [0, 0.05) is 45.2 Å². The number of likely N-dealkylation sites (N-methyl/N-ethyl adjacent to an activating group) is 1. The molecule has 2 aromatic heterocycles. The zero-order valence-electron chi connectivity index (χ0n) is 14.3. The third-order valence-corrected chi connectivity index (χ3v) is 6.07. The van der Waals surface area contributed by atoms with Crippen LogP contribution in [-0.4, -0.2) is 76.6 Å². The van der Waals surface area contributed by atoms with E-state index in [4.69, 9.17) is 0 Å². The molecule has 130 valence electrons. The predicted molar refractivity (Wildman–Crippen MR) is 94.6 cm³/mol. The van der Waals surface area contributed by atoms with E-state index in [-0.39, 0.29) is 5.92 Å². The van der Waals surface area contributed by atoms with Crippen LogP contribution in [0.5, 0.6) is 0 Å². The highest BCUT2D eigenvalue weighted by Crippen LogP contribution is 2.28. The number of aryl methyl sites for hydroxylation is 1. The van der Waals surface area contributed by atoms with Gasteiger partial charge in [0.15, 0.2) is 0 Å². The third-order valence-electron chi connectivity index (χ3n) is 5.08. The van der Waals surface area contributed by atoms with E-state index >= 15 is 0 Å². The summed E-state index contributed by atoms with van der Waals surface area (Å²) in [5.41, 5.74) is 0.997. The number of piperazine rings is 1. The molecule has 0 N–H and O–H groups in total. The summed E-state index contributed by atoms with van der Waals surface area (Å²) < 4.78 is 1.86. The lowest BCUT2D eigenvalue weighted by molar-refractivity contribution is -0.137. The predicted octanol–water partition coefficient (Wildman–Crippen LogP) is 1.09. The van der Waals surface area contributed by atoms with E-state index in [1.165, 1.54) is 0 Å². The van der Waals surface area contributed by atoms with E-state index in [1.807, 2.05) is 17.6 Å². The highest BCUT2D eigenvalue weighted by molar-refractivity contribution is 7.20. The molecule has 0 spiro atoms. The summed E-state index contributed by atoms with van der Waals surface area (Å²) in [4.78, 5) is 24.7. The monoisotopic (exact) mass is 348 g/mol. The first-order valence-corrected chi connectivity index (χ1v) is 9.47. The Morgan fingerprint density at radius 2 is 1.88 bits per heavy atom. The molecule has 4 heterocycles. The van der Waals surface area contributed by atoms with Crippen LogP contribution < -0.4 is 4.90 Å². The van der Waals surface area contributed by atoms with Gasteiger partial charge in [-0.1, -0.05) is 11.3 Å². The first-order chi connectivity index (χ1) is 11.6. The van der Waals surface area contributed by atoms with Crippen molar-refractivity contribution in [3.05, 3.63) is 11.9 Å². The number of carbonyl (C=O) groups excluding carboxylic acids is 1. The van der Waals surface area contributed by atoms with Crippen LogP contribution in [0.15, 0.2) is 6.20 Å². The number of hydrogen-bond donors (Lipinski definition) is 0. The number of fused-ring (bicyclic) bond motifs is 1. The molecule has 2 fully saturated rings. The maximum Gasteiger partial charge on any atom is 0.225 e. The number of anilines is 1. The van der Waals surface area contributed by atoms with Crippen LogP contribution >= 0.6 is 11.3 Å². The fraction of sp³-hybridized carbons (Fsp3) is 0.688. The average Bonchev–Trinajstić information content (AvgIpc) is 3.12. The van der Waals surface area contributed by atoms with Gasteiger partial charge in [0.2, 0.25) is 16.0 Å². The van der Waals surface area contributed by atoms with Gasteiger partial charge in [-0.2, -0.15) is 0 Å². The molecule has 2 aliphatic rings. The lowest BCUT2D eigenvalue weighted by Crippen LogP contribution is -2.50. The number of imidazole rings is 1. The molecule has 2 aliphatic heterocycles. The van der Waals surface area contributed by atoms with Crippen molar-refractivity contribution in [2.75, 3.05) is 51.2 Å². The number of amides is 1. The van der Waals surface area contributed by atoms with E-state index in [1.54, 1.807) is 11.3 Å². The van der Waals surface area contributed by atoms with E-state index in [9.17, 15) is 4.79 Å². The Hall–Kier alpha value is -1.67. The highest BCUT2D eigenvalue weighted by Gasteiger charge is 2.30. The van der Waals surface area contributed by atoms with Crippen LogP contribution in [0.3, 0.4) is 0 Å². The summed E-state index contributed by atoms with van der Waals surface area (Å²) >= 11 is 1.63. The van der Waals surface area contributed by atoms with Crippen LogP contribution in [0.1, 0.15) is 18.5 Å². The molecule has 1 amide bonds. The summed E-state index contributed by atoms with van der Waals surface area (Å²) in [5.74, 6) is 0.531. The Morgan fingerprint density at radius 1 is 1.17 bits per heavy atom. The van der Waals surface area contributed by atoms with Crippen molar-refractivity contribution in [2.24, 2.45) is 5.92 Å². The third kappa shape index (κ3) is 3.00. The van der Waals surface area contributed by atoms with Gasteiger partial charge in [-0.25, -0.2) is 9.50 Å². The quantitative estimate of drug-likeness (QED) is 0.813. The second-order valence-corrected chi connectivity index (χ2v) is 7.82. The van der Waals surface area contributed by atoms with Crippen molar-refractivity contribution >= 4 is 27.3 Å². The van der Waals surface area contributed by atoms with Crippen LogP contribution in [-0.2, 0) is 4.79 Å². The Labute approximate surface area is 145 Å². The van der Waals surface area contributed by atoms with Gasteiger partial charge < -0.3 is 14.7 Å². The molecular weight excluding hydrogens is 324 g/mol. The lowest BCUT2D eigenvalue weighted by Gasteiger charge is -2.37. The second-order valence-electron chi connectivity index (χ2n) is 6.88. The average molecular weight is 348 g/mol. The van der Waals surface area contributed by atoms with Gasteiger partial charge in [0.25, 0.3) is 0 Å². The standard InChI is InChI=1S/C16H24N6OS/c1-12-11-22-15(17-12)24-16(18-22)21-5-3-13(4-6-21)14(23)20-9-7-19(2)8-10-20/h11,13H,3-10H2,1-2H3. The normalized spacial score (nSPS) is 20.9. The second kappa shape index (κ2) is 6.33.